The fourth-order valence-corrected chi connectivity index (χ4v) is 4.42. The van der Waals surface area contributed by atoms with Crippen molar-refractivity contribution >= 4 is 39.1 Å². The lowest BCUT2D eigenvalue weighted by Gasteiger charge is -2.17. The summed E-state index contributed by atoms with van der Waals surface area (Å²) < 4.78 is 27.1. The summed E-state index contributed by atoms with van der Waals surface area (Å²) in [6.07, 6.45) is 0.471. The van der Waals surface area contributed by atoms with Gasteiger partial charge in [-0.25, -0.2) is 8.42 Å². The molecule has 3 rings (SSSR count). The Morgan fingerprint density at radius 1 is 1.18 bits per heavy atom. The first-order chi connectivity index (χ1) is 13.2. The number of anilines is 1. The van der Waals surface area contributed by atoms with E-state index in [1.54, 1.807) is 36.4 Å². The van der Waals surface area contributed by atoms with Gasteiger partial charge < -0.3 is 5.32 Å². The number of amidine groups is 1. The first kappa shape index (κ1) is 20.4. The molecule has 8 heteroatoms. The van der Waals surface area contributed by atoms with E-state index >= 15 is 0 Å². The van der Waals surface area contributed by atoms with Gasteiger partial charge in [-0.05, 0) is 49.1 Å². The number of sulfonamides is 1. The predicted molar refractivity (Wildman–Crippen MR) is 111 cm³/mol. The number of carbonyl (C=O) groups is 1. The lowest BCUT2D eigenvalue weighted by molar-refractivity contribution is -0.117. The van der Waals surface area contributed by atoms with Gasteiger partial charge >= 0.3 is 0 Å². The van der Waals surface area contributed by atoms with Crippen LogP contribution in [0.25, 0.3) is 0 Å². The number of rotatable bonds is 5. The zero-order valence-electron chi connectivity index (χ0n) is 15.9. The molecule has 0 bridgehead atoms. The van der Waals surface area contributed by atoms with Crippen molar-refractivity contribution in [3.05, 3.63) is 58.6 Å². The number of hydrogen-bond donors (Lipinski definition) is 2. The molecule has 1 unspecified atom stereocenters. The number of nitrogens with one attached hydrogen (secondary N) is 2. The van der Waals surface area contributed by atoms with Crippen molar-refractivity contribution in [1.29, 1.82) is 0 Å². The highest BCUT2D eigenvalue weighted by atomic mass is 35.5. The SMILES string of the molecule is Cc1c(Cl)cccc1NC(=O)C(CC(C)C)N=C1NS(=O)(=O)c2ccccc21. The maximum absolute atomic E-state index is 12.9. The minimum Gasteiger partial charge on any atom is -0.324 e. The minimum absolute atomic E-state index is 0.170. The van der Waals surface area contributed by atoms with E-state index in [0.717, 1.165) is 5.56 Å². The third-order valence-electron chi connectivity index (χ3n) is 4.47. The van der Waals surface area contributed by atoms with Crippen LogP contribution in [0.2, 0.25) is 5.02 Å². The molecular weight excluding hydrogens is 398 g/mol. The molecule has 148 valence electrons. The summed E-state index contributed by atoms with van der Waals surface area (Å²) >= 11 is 6.13. The Bertz CT molecular complexity index is 1050. The van der Waals surface area contributed by atoms with E-state index in [2.05, 4.69) is 15.0 Å². The molecule has 0 fully saturated rings. The van der Waals surface area contributed by atoms with Crippen LogP contribution in [0.3, 0.4) is 0 Å². The second kappa shape index (κ2) is 7.93. The number of nitrogens with zero attached hydrogens (tertiary/aromatic N) is 1. The van der Waals surface area contributed by atoms with Gasteiger partial charge in [-0.15, -0.1) is 0 Å². The van der Waals surface area contributed by atoms with Crippen LogP contribution in [-0.4, -0.2) is 26.2 Å². The lowest BCUT2D eigenvalue weighted by Crippen LogP contribution is -2.32. The molecule has 0 spiro atoms. The molecule has 28 heavy (non-hydrogen) atoms. The van der Waals surface area contributed by atoms with Crippen LogP contribution in [0.4, 0.5) is 5.69 Å². The van der Waals surface area contributed by atoms with E-state index in [-0.39, 0.29) is 22.6 Å². The van der Waals surface area contributed by atoms with Crippen LogP contribution < -0.4 is 10.0 Å². The highest BCUT2D eigenvalue weighted by Gasteiger charge is 2.32. The third-order valence-corrected chi connectivity index (χ3v) is 6.28. The number of carbonyl (C=O) groups excluding carboxylic acids is 1. The van der Waals surface area contributed by atoms with Gasteiger partial charge in [-0.3, -0.25) is 14.5 Å². The Labute approximate surface area is 170 Å². The van der Waals surface area contributed by atoms with Gasteiger partial charge in [0, 0.05) is 16.3 Å². The van der Waals surface area contributed by atoms with E-state index in [1.165, 1.54) is 6.07 Å². The average molecular weight is 420 g/mol. The smallest absolute Gasteiger partial charge is 0.263 e. The fraction of sp³-hybridized carbons (Fsp3) is 0.300. The molecule has 2 N–H and O–H groups in total. The summed E-state index contributed by atoms with van der Waals surface area (Å²) in [5.41, 5.74) is 1.85. The molecular formula is C20H22ClN3O3S. The second-order valence-electron chi connectivity index (χ2n) is 7.13. The van der Waals surface area contributed by atoms with Crippen LogP contribution in [-0.2, 0) is 14.8 Å². The van der Waals surface area contributed by atoms with Crippen molar-refractivity contribution in [3.8, 4) is 0 Å². The fourth-order valence-electron chi connectivity index (χ4n) is 3.01. The molecule has 2 aromatic carbocycles. The standard InChI is InChI=1S/C20H22ClN3O3S/c1-12(2)11-17(20(25)23-16-9-6-8-15(21)13(16)3)22-19-14-7-4-5-10-18(14)28(26,27)24-19/h4-10,12,17H,11H2,1-3H3,(H,22,24)(H,23,25). The quantitative estimate of drug-likeness (QED) is 0.773. The maximum Gasteiger partial charge on any atom is 0.263 e. The summed E-state index contributed by atoms with van der Waals surface area (Å²) in [5.74, 6) is 0.0724. The Morgan fingerprint density at radius 2 is 1.89 bits per heavy atom. The van der Waals surface area contributed by atoms with Gasteiger partial charge in [-0.2, -0.15) is 0 Å². The van der Waals surface area contributed by atoms with Crippen LogP contribution in [0.15, 0.2) is 52.4 Å². The molecule has 1 heterocycles. The Morgan fingerprint density at radius 3 is 2.61 bits per heavy atom. The van der Waals surface area contributed by atoms with Crippen LogP contribution >= 0.6 is 11.6 Å². The maximum atomic E-state index is 12.9. The lowest BCUT2D eigenvalue weighted by atomic mass is 10.0. The monoisotopic (exact) mass is 419 g/mol. The van der Waals surface area contributed by atoms with Crippen LogP contribution in [0, 0.1) is 12.8 Å². The van der Waals surface area contributed by atoms with Crippen molar-refractivity contribution in [2.75, 3.05) is 5.32 Å². The van der Waals surface area contributed by atoms with Gasteiger partial charge in [0.05, 0.1) is 4.90 Å². The molecule has 0 radical (unpaired) electrons. The zero-order valence-corrected chi connectivity index (χ0v) is 17.4. The van der Waals surface area contributed by atoms with E-state index in [0.29, 0.717) is 22.7 Å². The second-order valence-corrected chi connectivity index (χ2v) is 9.18. The van der Waals surface area contributed by atoms with Crippen molar-refractivity contribution in [1.82, 2.24) is 4.72 Å². The summed E-state index contributed by atoms with van der Waals surface area (Å²) in [4.78, 5) is 17.6. The van der Waals surface area contributed by atoms with E-state index < -0.39 is 16.1 Å². The predicted octanol–water partition coefficient (Wildman–Crippen LogP) is 3.74. The number of benzene rings is 2. The summed E-state index contributed by atoms with van der Waals surface area (Å²) in [6, 6.07) is 11.1. The molecule has 0 saturated carbocycles. The molecule has 1 amide bonds. The molecule has 1 atom stereocenters. The van der Waals surface area contributed by atoms with Gasteiger partial charge in [0.1, 0.15) is 11.9 Å². The molecule has 1 aliphatic rings. The van der Waals surface area contributed by atoms with Crippen molar-refractivity contribution in [2.45, 2.75) is 38.1 Å². The highest BCUT2D eigenvalue weighted by Crippen LogP contribution is 2.25. The largest absolute Gasteiger partial charge is 0.324 e. The highest BCUT2D eigenvalue weighted by molar-refractivity contribution is 7.90. The van der Waals surface area contributed by atoms with E-state index in [4.69, 9.17) is 11.6 Å². The third kappa shape index (κ3) is 4.20. The van der Waals surface area contributed by atoms with E-state index in [9.17, 15) is 13.2 Å². The molecule has 2 aromatic rings. The number of halogens is 1. The number of aliphatic imine (C=N–C) groups is 1. The first-order valence-electron chi connectivity index (χ1n) is 8.95. The Hall–Kier alpha value is -2.38. The van der Waals surface area contributed by atoms with Crippen molar-refractivity contribution in [2.24, 2.45) is 10.9 Å². The summed E-state index contributed by atoms with van der Waals surface area (Å²) in [5, 5.41) is 3.42. The van der Waals surface area contributed by atoms with Crippen LogP contribution in [0.1, 0.15) is 31.4 Å². The molecule has 0 aliphatic carbocycles. The average Bonchev–Trinajstić information content (AvgIpc) is 2.89. The number of hydrogen-bond acceptors (Lipinski definition) is 4. The Balaban J connectivity index is 1.94. The number of amides is 1. The number of fused-ring (bicyclic) bond motifs is 1. The normalized spacial score (nSPS) is 17.2. The molecule has 0 saturated heterocycles. The van der Waals surface area contributed by atoms with Crippen molar-refractivity contribution < 1.29 is 13.2 Å². The van der Waals surface area contributed by atoms with Gasteiger partial charge in [0.15, 0.2) is 0 Å². The molecule has 1 aliphatic heterocycles. The van der Waals surface area contributed by atoms with Gasteiger partial charge in [0.25, 0.3) is 10.0 Å². The first-order valence-corrected chi connectivity index (χ1v) is 10.8. The molecule has 0 aromatic heterocycles. The molecule has 6 nitrogen and oxygen atoms in total. The Kier molecular flexibility index (Phi) is 5.76. The topological polar surface area (TPSA) is 87.6 Å². The van der Waals surface area contributed by atoms with Gasteiger partial charge in [0.2, 0.25) is 5.91 Å². The van der Waals surface area contributed by atoms with Gasteiger partial charge in [-0.1, -0.05) is 43.6 Å². The zero-order chi connectivity index (χ0) is 20.5. The van der Waals surface area contributed by atoms with Crippen LogP contribution in [0.5, 0.6) is 0 Å². The summed E-state index contributed by atoms with van der Waals surface area (Å²) in [6.45, 7) is 5.79. The minimum atomic E-state index is -3.66. The van der Waals surface area contributed by atoms with E-state index in [1.807, 2.05) is 20.8 Å². The summed E-state index contributed by atoms with van der Waals surface area (Å²) in [7, 11) is -3.66. The van der Waals surface area contributed by atoms with Crippen molar-refractivity contribution in [3.63, 3.8) is 0 Å².